The number of nitrogens with zero attached hydrogens (tertiary/aromatic N) is 4. The predicted octanol–water partition coefficient (Wildman–Crippen LogP) is 8.57. The number of aliphatic imine (C=N–C) groups is 1. The van der Waals surface area contributed by atoms with Crippen molar-refractivity contribution in [2.45, 2.75) is 109 Å². The monoisotopic (exact) mass is 585 g/mol. The van der Waals surface area contributed by atoms with E-state index in [1.807, 2.05) is 36.4 Å². The number of rotatable bonds is 11. The van der Waals surface area contributed by atoms with Gasteiger partial charge in [-0.15, -0.1) is 11.3 Å². The molecule has 42 heavy (non-hydrogen) atoms. The number of benzene rings is 2. The molecule has 2 saturated carbocycles. The Bertz CT molecular complexity index is 1310. The summed E-state index contributed by atoms with van der Waals surface area (Å²) >= 11 is 1.77. The molecule has 1 aromatic heterocycles. The molecule has 2 aliphatic carbocycles. The smallest absolute Gasteiger partial charge is 0.197 e. The molecule has 224 valence electrons. The van der Waals surface area contributed by atoms with Crippen molar-refractivity contribution in [2.24, 2.45) is 16.6 Å². The van der Waals surface area contributed by atoms with Crippen LogP contribution < -0.4 is 10.5 Å². The Balaban J connectivity index is 1.17. The van der Waals surface area contributed by atoms with E-state index >= 15 is 0 Å². The van der Waals surface area contributed by atoms with Crippen molar-refractivity contribution in [1.82, 2.24) is 14.8 Å². The standard InChI is InChI=1S/C35H47N5OS/c1-26-37-29(25-42-26)24-39(30-14-7-3-8-15-30)21-11-18-34(27-12-5-2-6-13-27)40-23-28-22-32(19-20-33(28)38-35(40)36)41-31-16-9-4-10-17-31/h4,9-10,16-17,19-20,22,25,27,30,34H,2-3,5-8,11-15,18,21,23-24H2,1H3,(H2,36,38)/t34-/m0/s1. The maximum Gasteiger partial charge on any atom is 0.197 e. The van der Waals surface area contributed by atoms with Crippen LogP contribution in [0.15, 0.2) is 58.9 Å². The molecular formula is C35H47N5OS. The molecule has 3 aliphatic rings. The maximum atomic E-state index is 6.74. The summed E-state index contributed by atoms with van der Waals surface area (Å²) in [5.74, 6) is 3.05. The average Bonchev–Trinajstić information content (AvgIpc) is 3.44. The number of ether oxygens (including phenoxy) is 1. The summed E-state index contributed by atoms with van der Waals surface area (Å²) in [6.45, 7) is 5.02. The van der Waals surface area contributed by atoms with Gasteiger partial charge in [0.15, 0.2) is 5.96 Å². The van der Waals surface area contributed by atoms with Crippen LogP contribution in [-0.2, 0) is 13.1 Å². The van der Waals surface area contributed by atoms with E-state index in [2.05, 4.69) is 34.2 Å². The average molecular weight is 586 g/mol. The minimum Gasteiger partial charge on any atom is -0.457 e. The third-order valence-corrected chi connectivity index (χ3v) is 10.4. The van der Waals surface area contributed by atoms with Crippen molar-refractivity contribution in [3.05, 3.63) is 70.2 Å². The highest BCUT2D eigenvalue weighted by atomic mass is 32.1. The lowest BCUT2D eigenvalue weighted by Crippen LogP contribution is -2.49. The van der Waals surface area contributed by atoms with Gasteiger partial charge in [0, 0.05) is 36.1 Å². The SMILES string of the molecule is Cc1nc(CN(CCC[C@@H](C2CCCCC2)N2Cc3cc(Oc4ccccc4)ccc3N=C2N)C2CCCCC2)cs1. The molecular weight excluding hydrogens is 538 g/mol. The Morgan fingerprint density at radius 3 is 2.48 bits per heavy atom. The van der Waals surface area contributed by atoms with Crippen LogP contribution in [0.25, 0.3) is 0 Å². The predicted molar refractivity (Wildman–Crippen MR) is 174 cm³/mol. The summed E-state index contributed by atoms with van der Waals surface area (Å²) in [6.07, 6.45) is 15.7. The second-order valence-corrected chi connectivity index (χ2v) is 13.6. The van der Waals surface area contributed by atoms with Crippen LogP contribution >= 0.6 is 11.3 Å². The van der Waals surface area contributed by atoms with Gasteiger partial charge in [0.2, 0.25) is 0 Å². The highest BCUT2D eigenvalue weighted by molar-refractivity contribution is 7.09. The molecule has 2 N–H and O–H groups in total. The summed E-state index contributed by atoms with van der Waals surface area (Å²) < 4.78 is 6.17. The summed E-state index contributed by atoms with van der Waals surface area (Å²) in [5, 5.41) is 3.43. The van der Waals surface area contributed by atoms with E-state index in [-0.39, 0.29) is 0 Å². The third kappa shape index (κ3) is 7.35. The second-order valence-electron chi connectivity index (χ2n) is 12.5. The summed E-state index contributed by atoms with van der Waals surface area (Å²) in [4.78, 5) is 14.9. The van der Waals surface area contributed by atoms with Gasteiger partial charge in [-0.1, -0.05) is 56.7 Å². The molecule has 7 heteroatoms. The Morgan fingerprint density at radius 2 is 1.74 bits per heavy atom. The maximum absolute atomic E-state index is 6.74. The molecule has 6 rings (SSSR count). The molecule has 2 heterocycles. The van der Waals surface area contributed by atoms with Gasteiger partial charge in [-0.25, -0.2) is 9.98 Å². The van der Waals surface area contributed by atoms with Gasteiger partial charge in [0.05, 0.1) is 16.4 Å². The highest BCUT2D eigenvalue weighted by Crippen LogP contribution is 2.37. The van der Waals surface area contributed by atoms with E-state index in [0.717, 1.165) is 43.2 Å². The van der Waals surface area contributed by atoms with Crippen molar-refractivity contribution in [3.8, 4) is 11.5 Å². The van der Waals surface area contributed by atoms with Crippen LogP contribution in [0.1, 0.15) is 93.3 Å². The van der Waals surface area contributed by atoms with Crippen molar-refractivity contribution in [1.29, 1.82) is 0 Å². The van der Waals surface area contributed by atoms with Crippen LogP contribution in [0.4, 0.5) is 5.69 Å². The second kappa shape index (κ2) is 14.0. The molecule has 0 unspecified atom stereocenters. The topological polar surface area (TPSA) is 67.0 Å². The first-order valence-electron chi connectivity index (χ1n) is 16.2. The van der Waals surface area contributed by atoms with Gasteiger partial charge in [0.25, 0.3) is 0 Å². The number of aromatic nitrogens is 1. The molecule has 2 aromatic carbocycles. The Hall–Kier alpha value is -2.90. The van der Waals surface area contributed by atoms with Gasteiger partial charge in [-0.3, -0.25) is 4.90 Å². The van der Waals surface area contributed by atoms with E-state index in [0.29, 0.717) is 24.0 Å². The molecule has 2 fully saturated rings. The molecule has 1 aliphatic heterocycles. The fourth-order valence-corrected chi connectivity index (χ4v) is 8.02. The van der Waals surface area contributed by atoms with Crippen LogP contribution in [0.2, 0.25) is 0 Å². The highest BCUT2D eigenvalue weighted by Gasteiger charge is 2.33. The van der Waals surface area contributed by atoms with Gasteiger partial charge in [-0.2, -0.15) is 0 Å². The van der Waals surface area contributed by atoms with Crippen LogP contribution in [0.3, 0.4) is 0 Å². The third-order valence-electron chi connectivity index (χ3n) is 9.56. The quantitative estimate of drug-likeness (QED) is 0.244. The number of aryl methyl sites for hydroxylation is 1. The van der Waals surface area contributed by atoms with Gasteiger partial charge >= 0.3 is 0 Å². The molecule has 1 atom stereocenters. The number of thiazole rings is 1. The molecule has 0 amide bonds. The minimum atomic E-state index is 0.413. The van der Waals surface area contributed by atoms with Gasteiger partial charge in [-0.05, 0) is 88.2 Å². The number of guanidine groups is 1. The lowest BCUT2D eigenvalue weighted by atomic mass is 9.81. The number of para-hydroxylation sites is 1. The van der Waals surface area contributed by atoms with E-state index < -0.39 is 0 Å². The van der Waals surface area contributed by atoms with Gasteiger partial charge < -0.3 is 15.4 Å². The first-order valence-corrected chi connectivity index (χ1v) is 17.1. The molecule has 0 saturated heterocycles. The van der Waals surface area contributed by atoms with Crippen LogP contribution in [0, 0.1) is 12.8 Å². The Morgan fingerprint density at radius 1 is 0.976 bits per heavy atom. The number of hydrogen-bond donors (Lipinski definition) is 1. The first-order chi connectivity index (χ1) is 20.6. The first kappa shape index (κ1) is 29.2. The van der Waals surface area contributed by atoms with Crippen LogP contribution in [0.5, 0.6) is 11.5 Å². The number of hydrogen-bond acceptors (Lipinski definition) is 7. The summed E-state index contributed by atoms with van der Waals surface area (Å²) in [6, 6.07) is 17.3. The Labute approximate surface area is 256 Å². The zero-order chi connectivity index (χ0) is 28.7. The van der Waals surface area contributed by atoms with E-state index in [1.165, 1.54) is 86.9 Å². The largest absolute Gasteiger partial charge is 0.457 e. The number of nitrogens with two attached hydrogens (primary N) is 1. The van der Waals surface area contributed by atoms with Crippen molar-refractivity contribution >= 4 is 23.0 Å². The lowest BCUT2D eigenvalue weighted by Gasteiger charge is -2.42. The zero-order valence-corrected chi connectivity index (χ0v) is 26.0. The van der Waals surface area contributed by atoms with Crippen molar-refractivity contribution in [3.63, 3.8) is 0 Å². The summed E-state index contributed by atoms with van der Waals surface area (Å²) in [7, 11) is 0. The fraction of sp³-hybridized carbons (Fsp3) is 0.543. The van der Waals surface area contributed by atoms with Crippen LogP contribution in [-0.4, -0.2) is 39.4 Å². The molecule has 6 nitrogen and oxygen atoms in total. The molecule has 0 radical (unpaired) electrons. The Kier molecular flexibility index (Phi) is 9.76. The molecule has 0 spiro atoms. The van der Waals surface area contributed by atoms with Crippen molar-refractivity contribution < 1.29 is 4.74 Å². The van der Waals surface area contributed by atoms with E-state index in [4.69, 9.17) is 20.4 Å². The van der Waals surface area contributed by atoms with Crippen molar-refractivity contribution in [2.75, 3.05) is 6.54 Å². The molecule has 3 aromatic rings. The summed E-state index contributed by atoms with van der Waals surface area (Å²) in [5.41, 5.74) is 10.1. The zero-order valence-electron chi connectivity index (χ0n) is 25.2. The fourth-order valence-electron chi connectivity index (χ4n) is 7.42. The number of fused-ring (bicyclic) bond motifs is 1. The molecule has 0 bridgehead atoms. The van der Waals surface area contributed by atoms with Gasteiger partial charge in [0.1, 0.15) is 11.5 Å². The van der Waals surface area contributed by atoms with E-state index in [1.54, 1.807) is 11.3 Å². The lowest BCUT2D eigenvalue weighted by molar-refractivity contribution is 0.125. The normalized spacial score (nSPS) is 19.0. The minimum absolute atomic E-state index is 0.413. The van der Waals surface area contributed by atoms with E-state index in [9.17, 15) is 0 Å².